The van der Waals surface area contributed by atoms with Crippen LogP contribution in [0.15, 0.2) is 46.9 Å². The molecule has 2 N–H and O–H groups in total. The van der Waals surface area contributed by atoms with Crippen molar-refractivity contribution in [2.24, 2.45) is 5.92 Å². The molecule has 0 radical (unpaired) electrons. The number of carbonyl (C=O) groups is 3. The van der Waals surface area contributed by atoms with Gasteiger partial charge in [0.15, 0.2) is 0 Å². The molecule has 160 valence electrons. The number of rotatable bonds is 9. The Kier molecular flexibility index (Phi) is 8.80. The van der Waals surface area contributed by atoms with Crippen LogP contribution in [0.1, 0.15) is 39.2 Å². The van der Waals surface area contributed by atoms with E-state index in [1.165, 1.54) is 16.7 Å². The summed E-state index contributed by atoms with van der Waals surface area (Å²) in [5.74, 6) is -1.91. The van der Waals surface area contributed by atoms with E-state index < -0.39 is 17.9 Å². The lowest BCUT2D eigenvalue weighted by atomic mass is 9.99. The zero-order chi connectivity index (χ0) is 22.3. The first-order chi connectivity index (χ1) is 14.2. The molecule has 0 aromatic heterocycles. The second-order valence-corrected chi connectivity index (χ2v) is 8.83. The number of thioether (sulfide) groups is 1. The Morgan fingerprint density at radius 3 is 2.57 bits per heavy atom. The third-order valence-electron chi connectivity index (χ3n) is 4.78. The Bertz CT molecular complexity index is 880. The molecule has 1 heterocycles. The molecule has 0 bridgehead atoms. The van der Waals surface area contributed by atoms with Crippen LogP contribution in [-0.2, 0) is 14.4 Å². The molecule has 2 rings (SSSR count). The van der Waals surface area contributed by atoms with Crippen molar-refractivity contribution < 1.29 is 19.5 Å². The molecule has 6 nitrogen and oxygen atoms in total. The maximum absolute atomic E-state index is 12.7. The lowest BCUT2D eigenvalue weighted by molar-refractivity contribution is -0.143. The molecule has 1 fully saturated rings. The summed E-state index contributed by atoms with van der Waals surface area (Å²) in [7, 11) is 0. The second kappa shape index (κ2) is 11.1. The molecule has 1 aromatic carbocycles. The van der Waals surface area contributed by atoms with Crippen LogP contribution in [0.3, 0.4) is 0 Å². The monoisotopic (exact) mass is 446 g/mol. The molecule has 0 saturated carbocycles. The fourth-order valence-electron chi connectivity index (χ4n) is 2.90. The quantitative estimate of drug-likeness (QED) is 0.443. The maximum atomic E-state index is 12.7. The summed E-state index contributed by atoms with van der Waals surface area (Å²) < 4.78 is 0.392. The van der Waals surface area contributed by atoms with Gasteiger partial charge in [-0.05, 0) is 30.1 Å². The summed E-state index contributed by atoms with van der Waals surface area (Å²) in [6, 6.07) is 8.84. The Morgan fingerprint density at radius 2 is 1.97 bits per heavy atom. The van der Waals surface area contributed by atoms with Crippen LogP contribution >= 0.6 is 24.0 Å². The lowest BCUT2D eigenvalue weighted by Gasteiger charge is -2.21. The van der Waals surface area contributed by atoms with Gasteiger partial charge in [-0.2, -0.15) is 0 Å². The first-order valence-electron chi connectivity index (χ1n) is 9.73. The van der Waals surface area contributed by atoms with Crippen molar-refractivity contribution in [2.45, 2.75) is 39.7 Å². The van der Waals surface area contributed by atoms with E-state index in [2.05, 4.69) is 5.32 Å². The first kappa shape index (κ1) is 23.8. The van der Waals surface area contributed by atoms with E-state index >= 15 is 0 Å². The molecule has 1 aliphatic rings. The van der Waals surface area contributed by atoms with Gasteiger partial charge < -0.3 is 10.4 Å². The standard InChI is InChI=1S/C22H26N2O4S2/c1-4-15(3)19(21(27)28)23-18(25)10-11-24-20(26)17(30-22(24)29)13-14(2)12-16-8-6-5-7-9-16/h5-9,12-13,15,19H,4,10-11H2,1-3H3,(H,23,25)(H,27,28)/b14-12+,17-13-. The number of thiocarbonyl (C=S) groups is 1. The maximum Gasteiger partial charge on any atom is 0.326 e. The highest BCUT2D eigenvalue weighted by Crippen LogP contribution is 2.32. The summed E-state index contributed by atoms with van der Waals surface area (Å²) in [4.78, 5) is 38.2. The van der Waals surface area contributed by atoms with Crippen LogP contribution in [-0.4, -0.2) is 44.7 Å². The van der Waals surface area contributed by atoms with E-state index in [1.54, 1.807) is 13.0 Å². The molecule has 0 aliphatic carbocycles. The van der Waals surface area contributed by atoms with Crippen molar-refractivity contribution in [2.75, 3.05) is 6.54 Å². The molecule has 2 amide bonds. The van der Waals surface area contributed by atoms with Gasteiger partial charge in [-0.1, -0.05) is 80.7 Å². The SMILES string of the molecule is CCC(C)C(NC(=O)CCN1C(=O)/C(=C/C(C)=C/c2ccccc2)SC1=S)C(=O)O. The van der Waals surface area contributed by atoms with Gasteiger partial charge in [-0.25, -0.2) is 4.79 Å². The molecule has 1 aliphatic heterocycles. The largest absolute Gasteiger partial charge is 0.480 e. The fraction of sp³-hybridized carbons (Fsp3) is 0.364. The topological polar surface area (TPSA) is 86.7 Å². The number of hydrogen-bond acceptors (Lipinski definition) is 5. The van der Waals surface area contributed by atoms with E-state index in [0.29, 0.717) is 15.6 Å². The number of aliphatic carboxylic acids is 1. The summed E-state index contributed by atoms with van der Waals surface area (Å²) >= 11 is 6.50. The van der Waals surface area contributed by atoms with Crippen molar-refractivity contribution in [1.82, 2.24) is 10.2 Å². The summed E-state index contributed by atoms with van der Waals surface area (Å²) in [5.41, 5.74) is 1.95. The third kappa shape index (κ3) is 6.53. The first-order valence-corrected chi connectivity index (χ1v) is 11.0. The van der Waals surface area contributed by atoms with Gasteiger partial charge in [-0.15, -0.1) is 0 Å². The summed E-state index contributed by atoms with van der Waals surface area (Å²) in [6.07, 6.45) is 4.38. The highest BCUT2D eigenvalue weighted by molar-refractivity contribution is 8.26. The number of amides is 2. The molecule has 2 atom stereocenters. The molecule has 2 unspecified atom stereocenters. The molecule has 1 saturated heterocycles. The van der Waals surface area contributed by atoms with Gasteiger partial charge in [0.2, 0.25) is 5.91 Å². The van der Waals surface area contributed by atoms with Gasteiger partial charge in [0.1, 0.15) is 10.4 Å². The van der Waals surface area contributed by atoms with Crippen LogP contribution in [0.2, 0.25) is 0 Å². The highest BCUT2D eigenvalue weighted by atomic mass is 32.2. The number of carbonyl (C=O) groups excluding carboxylic acids is 2. The van der Waals surface area contributed by atoms with Gasteiger partial charge in [0.05, 0.1) is 4.91 Å². The average Bonchev–Trinajstić information content (AvgIpc) is 2.97. The zero-order valence-electron chi connectivity index (χ0n) is 17.3. The Hall–Kier alpha value is -2.45. The fourth-order valence-corrected chi connectivity index (χ4v) is 4.25. The van der Waals surface area contributed by atoms with Crippen LogP contribution in [0.4, 0.5) is 0 Å². The van der Waals surface area contributed by atoms with Crippen molar-refractivity contribution >= 4 is 52.2 Å². The minimum atomic E-state index is -1.06. The van der Waals surface area contributed by atoms with E-state index in [0.717, 1.165) is 11.1 Å². The third-order valence-corrected chi connectivity index (χ3v) is 6.16. The van der Waals surface area contributed by atoms with Gasteiger partial charge in [0, 0.05) is 13.0 Å². The van der Waals surface area contributed by atoms with Crippen LogP contribution < -0.4 is 5.32 Å². The number of carboxylic acid groups (broad SMARTS) is 1. The van der Waals surface area contributed by atoms with Gasteiger partial charge >= 0.3 is 5.97 Å². The number of hydrogen-bond donors (Lipinski definition) is 2. The Balaban J connectivity index is 1.99. The van der Waals surface area contributed by atoms with Crippen LogP contribution in [0.5, 0.6) is 0 Å². The lowest BCUT2D eigenvalue weighted by Crippen LogP contribution is -2.46. The highest BCUT2D eigenvalue weighted by Gasteiger charge is 2.32. The van der Waals surface area contributed by atoms with Crippen molar-refractivity contribution in [3.05, 3.63) is 52.4 Å². The predicted molar refractivity (Wildman–Crippen MR) is 124 cm³/mol. The molecular weight excluding hydrogens is 420 g/mol. The summed E-state index contributed by atoms with van der Waals surface area (Å²) in [6.45, 7) is 5.67. The molecule has 30 heavy (non-hydrogen) atoms. The minimum Gasteiger partial charge on any atom is -0.480 e. The minimum absolute atomic E-state index is 0.0151. The zero-order valence-corrected chi connectivity index (χ0v) is 18.9. The second-order valence-electron chi connectivity index (χ2n) is 7.15. The van der Waals surface area contributed by atoms with E-state index in [4.69, 9.17) is 12.2 Å². The summed E-state index contributed by atoms with van der Waals surface area (Å²) in [5, 5.41) is 11.8. The smallest absolute Gasteiger partial charge is 0.326 e. The van der Waals surface area contributed by atoms with E-state index in [1.807, 2.05) is 50.3 Å². The molecule has 1 aromatic rings. The van der Waals surface area contributed by atoms with Crippen LogP contribution in [0, 0.1) is 5.92 Å². The van der Waals surface area contributed by atoms with Crippen LogP contribution in [0.25, 0.3) is 6.08 Å². The van der Waals surface area contributed by atoms with Gasteiger partial charge in [-0.3, -0.25) is 14.5 Å². The number of benzene rings is 1. The normalized spacial score (nSPS) is 17.9. The van der Waals surface area contributed by atoms with Gasteiger partial charge in [0.25, 0.3) is 5.91 Å². The number of nitrogens with one attached hydrogen (secondary N) is 1. The van der Waals surface area contributed by atoms with Crippen molar-refractivity contribution in [3.8, 4) is 0 Å². The van der Waals surface area contributed by atoms with Crippen molar-refractivity contribution in [1.29, 1.82) is 0 Å². The Labute approximate surface area is 186 Å². The van der Waals surface area contributed by atoms with Crippen molar-refractivity contribution in [3.63, 3.8) is 0 Å². The van der Waals surface area contributed by atoms with E-state index in [-0.39, 0.29) is 24.8 Å². The molecule has 8 heteroatoms. The molecule has 0 spiro atoms. The predicted octanol–water partition coefficient (Wildman–Crippen LogP) is 3.84. The Morgan fingerprint density at radius 1 is 1.30 bits per heavy atom. The number of carboxylic acids is 1. The number of nitrogens with zero attached hydrogens (tertiary/aromatic N) is 1. The van der Waals surface area contributed by atoms with E-state index in [9.17, 15) is 19.5 Å². The number of allylic oxidation sites excluding steroid dienone is 2. The molecular formula is C22H26N2O4S2. The average molecular weight is 447 g/mol.